The summed E-state index contributed by atoms with van der Waals surface area (Å²) in [5.74, 6) is -5.43. The maximum atomic E-state index is 14.2. The minimum absolute atomic E-state index is 0.137. The number of ether oxygens (including phenoxy) is 1. The Balaban J connectivity index is 2.30. The third-order valence-corrected chi connectivity index (χ3v) is 4.59. The second kappa shape index (κ2) is 7.96. The topological polar surface area (TPSA) is 52.3 Å². The Hall–Kier alpha value is -1.63. The summed E-state index contributed by atoms with van der Waals surface area (Å²) in [5.41, 5.74) is 5.87. The van der Waals surface area contributed by atoms with Gasteiger partial charge in [-0.05, 0) is 42.8 Å². The standard InChI is InChI=1S/C17H16ClF2NO2S/c1-2-23-16(22)17(19,20)15(21)13-5-3-4-6-14(13)24-12-9-7-11(18)8-10-12/h3-10,15H,2,21H2,1H3/t15-/m0/s1. The SMILES string of the molecule is CCOC(=O)C(F)(F)[C@@H](N)c1ccccc1Sc1ccc(Cl)cc1. The van der Waals surface area contributed by atoms with Gasteiger partial charge in [-0.2, -0.15) is 8.78 Å². The molecule has 2 rings (SSSR count). The molecule has 1 atom stereocenters. The molecule has 2 aromatic rings. The lowest BCUT2D eigenvalue weighted by Gasteiger charge is -2.23. The molecule has 0 heterocycles. The molecular formula is C17H16ClF2NO2S. The molecule has 0 bridgehead atoms. The van der Waals surface area contributed by atoms with Crippen LogP contribution in [0.15, 0.2) is 58.3 Å². The second-order valence-electron chi connectivity index (χ2n) is 4.91. The number of rotatable bonds is 6. The van der Waals surface area contributed by atoms with Crippen molar-refractivity contribution in [1.29, 1.82) is 0 Å². The number of carbonyl (C=O) groups is 1. The van der Waals surface area contributed by atoms with E-state index >= 15 is 0 Å². The second-order valence-corrected chi connectivity index (χ2v) is 6.47. The molecule has 7 heteroatoms. The van der Waals surface area contributed by atoms with Gasteiger partial charge >= 0.3 is 11.9 Å². The largest absolute Gasteiger partial charge is 0.462 e. The molecular weight excluding hydrogens is 356 g/mol. The first-order chi connectivity index (χ1) is 11.4. The van der Waals surface area contributed by atoms with Crippen molar-refractivity contribution in [2.45, 2.75) is 28.7 Å². The van der Waals surface area contributed by atoms with Crippen molar-refractivity contribution < 1.29 is 18.3 Å². The highest BCUT2D eigenvalue weighted by Gasteiger charge is 2.48. The van der Waals surface area contributed by atoms with Gasteiger partial charge in [0.25, 0.3) is 0 Å². The van der Waals surface area contributed by atoms with Crippen LogP contribution in [0.5, 0.6) is 0 Å². The molecule has 2 aromatic carbocycles. The van der Waals surface area contributed by atoms with E-state index in [0.717, 1.165) is 4.90 Å². The lowest BCUT2D eigenvalue weighted by molar-refractivity contribution is -0.174. The highest BCUT2D eigenvalue weighted by atomic mass is 35.5. The predicted octanol–water partition coefficient (Wildman–Crippen LogP) is 4.69. The van der Waals surface area contributed by atoms with Crippen LogP contribution in [0.3, 0.4) is 0 Å². The molecule has 0 unspecified atom stereocenters. The molecule has 0 aliphatic rings. The molecule has 0 saturated carbocycles. The Morgan fingerprint density at radius 3 is 2.50 bits per heavy atom. The quantitative estimate of drug-likeness (QED) is 0.748. The third-order valence-electron chi connectivity index (χ3n) is 3.23. The number of alkyl halides is 2. The van der Waals surface area contributed by atoms with Crippen molar-refractivity contribution in [2.75, 3.05) is 6.61 Å². The Labute approximate surface area is 148 Å². The van der Waals surface area contributed by atoms with Gasteiger partial charge in [-0.15, -0.1) is 0 Å². The molecule has 3 nitrogen and oxygen atoms in total. The molecule has 0 aromatic heterocycles. The number of esters is 1. The first-order valence-corrected chi connectivity index (χ1v) is 8.38. The van der Waals surface area contributed by atoms with Crippen LogP contribution in [0.4, 0.5) is 8.78 Å². The zero-order valence-electron chi connectivity index (χ0n) is 12.8. The average molecular weight is 372 g/mol. The molecule has 0 amide bonds. The van der Waals surface area contributed by atoms with Gasteiger partial charge in [0.1, 0.15) is 6.04 Å². The van der Waals surface area contributed by atoms with E-state index in [0.29, 0.717) is 9.92 Å². The zero-order chi connectivity index (χ0) is 17.7. The van der Waals surface area contributed by atoms with Gasteiger partial charge in [-0.3, -0.25) is 0 Å². The smallest absolute Gasteiger partial charge is 0.379 e. The van der Waals surface area contributed by atoms with Crippen LogP contribution in [0.25, 0.3) is 0 Å². The number of hydrogen-bond donors (Lipinski definition) is 1. The highest BCUT2D eigenvalue weighted by molar-refractivity contribution is 7.99. The van der Waals surface area contributed by atoms with Gasteiger partial charge in [0.05, 0.1) is 6.61 Å². The maximum absolute atomic E-state index is 14.2. The first kappa shape index (κ1) is 18.7. The number of nitrogens with two attached hydrogens (primary N) is 1. The number of benzene rings is 2. The maximum Gasteiger partial charge on any atom is 0.379 e. The van der Waals surface area contributed by atoms with Crippen molar-refractivity contribution in [1.82, 2.24) is 0 Å². The van der Waals surface area contributed by atoms with Gasteiger partial charge in [0.15, 0.2) is 0 Å². The fourth-order valence-corrected chi connectivity index (χ4v) is 3.12. The lowest BCUT2D eigenvalue weighted by atomic mass is 10.0. The van der Waals surface area contributed by atoms with E-state index in [1.807, 2.05) is 0 Å². The monoisotopic (exact) mass is 371 g/mol. The summed E-state index contributed by atoms with van der Waals surface area (Å²) in [6.45, 7) is 1.33. The highest BCUT2D eigenvalue weighted by Crippen LogP contribution is 2.38. The molecule has 0 spiro atoms. The summed E-state index contributed by atoms with van der Waals surface area (Å²) < 4.78 is 32.9. The Bertz CT molecular complexity index is 710. The predicted molar refractivity (Wildman–Crippen MR) is 90.5 cm³/mol. The Kier molecular flexibility index (Phi) is 6.21. The van der Waals surface area contributed by atoms with Gasteiger partial charge in [-0.1, -0.05) is 41.6 Å². The van der Waals surface area contributed by atoms with Crippen LogP contribution in [0.1, 0.15) is 18.5 Å². The third kappa shape index (κ3) is 4.26. The molecule has 2 N–H and O–H groups in total. The number of carbonyl (C=O) groups excluding carboxylic acids is 1. The zero-order valence-corrected chi connectivity index (χ0v) is 14.4. The van der Waals surface area contributed by atoms with E-state index in [1.54, 1.807) is 42.5 Å². The summed E-state index contributed by atoms with van der Waals surface area (Å²) in [6, 6.07) is 11.6. The summed E-state index contributed by atoms with van der Waals surface area (Å²) in [5, 5.41) is 0.582. The van der Waals surface area contributed by atoms with Crippen molar-refractivity contribution in [2.24, 2.45) is 5.73 Å². The summed E-state index contributed by atoms with van der Waals surface area (Å²) in [6.07, 6.45) is 0. The van der Waals surface area contributed by atoms with Crippen LogP contribution >= 0.6 is 23.4 Å². The minimum Gasteiger partial charge on any atom is -0.462 e. The van der Waals surface area contributed by atoms with Crippen LogP contribution in [0, 0.1) is 0 Å². The molecule has 128 valence electrons. The summed E-state index contributed by atoms with van der Waals surface area (Å²) in [4.78, 5) is 12.9. The molecule has 0 aliphatic carbocycles. The van der Waals surface area contributed by atoms with Crippen LogP contribution in [-0.2, 0) is 9.53 Å². The van der Waals surface area contributed by atoms with E-state index in [1.165, 1.54) is 24.8 Å². The molecule has 0 radical (unpaired) electrons. The fraction of sp³-hybridized carbons (Fsp3) is 0.235. The van der Waals surface area contributed by atoms with Crippen LogP contribution in [-0.4, -0.2) is 18.5 Å². The summed E-state index contributed by atoms with van der Waals surface area (Å²) >= 11 is 7.11. The lowest BCUT2D eigenvalue weighted by Crippen LogP contribution is -2.42. The van der Waals surface area contributed by atoms with Gasteiger partial charge < -0.3 is 10.5 Å². The van der Waals surface area contributed by atoms with E-state index < -0.39 is 17.9 Å². The minimum atomic E-state index is -3.81. The first-order valence-electron chi connectivity index (χ1n) is 7.19. The van der Waals surface area contributed by atoms with Gasteiger partial charge in [0, 0.05) is 14.8 Å². The van der Waals surface area contributed by atoms with Crippen LogP contribution in [0.2, 0.25) is 5.02 Å². The number of hydrogen-bond acceptors (Lipinski definition) is 4. The van der Waals surface area contributed by atoms with Crippen molar-refractivity contribution >= 4 is 29.3 Å². The molecule has 0 saturated heterocycles. The molecule has 0 aliphatic heterocycles. The van der Waals surface area contributed by atoms with Gasteiger partial charge in [-0.25, -0.2) is 4.79 Å². The van der Waals surface area contributed by atoms with Gasteiger partial charge in [0.2, 0.25) is 0 Å². The Morgan fingerprint density at radius 1 is 1.25 bits per heavy atom. The van der Waals surface area contributed by atoms with E-state index in [2.05, 4.69) is 4.74 Å². The Morgan fingerprint density at radius 2 is 1.88 bits per heavy atom. The molecule has 24 heavy (non-hydrogen) atoms. The average Bonchev–Trinajstić information content (AvgIpc) is 2.57. The fourth-order valence-electron chi connectivity index (χ4n) is 2.01. The van der Waals surface area contributed by atoms with E-state index in [-0.39, 0.29) is 12.2 Å². The van der Waals surface area contributed by atoms with Crippen molar-refractivity contribution in [3.8, 4) is 0 Å². The van der Waals surface area contributed by atoms with E-state index in [9.17, 15) is 13.6 Å². The van der Waals surface area contributed by atoms with E-state index in [4.69, 9.17) is 17.3 Å². The van der Waals surface area contributed by atoms with Crippen LogP contribution < -0.4 is 5.73 Å². The normalized spacial score (nSPS) is 12.7. The number of halogens is 3. The van der Waals surface area contributed by atoms with Crippen molar-refractivity contribution in [3.05, 3.63) is 59.1 Å². The molecule has 0 fully saturated rings. The summed E-state index contributed by atoms with van der Waals surface area (Å²) in [7, 11) is 0. The van der Waals surface area contributed by atoms with Crippen molar-refractivity contribution in [3.63, 3.8) is 0 Å².